The average molecular weight is 483 g/mol. The second-order valence-electron chi connectivity index (χ2n) is 8.35. The Morgan fingerprint density at radius 2 is 2.21 bits per heavy atom. The Bertz CT molecular complexity index is 1320. The Hall–Kier alpha value is -2.83. The van der Waals surface area contributed by atoms with Crippen molar-refractivity contribution in [2.75, 3.05) is 12.9 Å². The van der Waals surface area contributed by atoms with Crippen molar-refractivity contribution in [2.24, 2.45) is 5.92 Å². The predicted molar refractivity (Wildman–Crippen MR) is 131 cm³/mol. The molecular formula is C24H26N4O3S2. The van der Waals surface area contributed by atoms with Crippen molar-refractivity contribution in [1.82, 2.24) is 14.9 Å². The van der Waals surface area contributed by atoms with E-state index in [-0.39, 0.29) is 23.1 Å². The van der Waals surface area contributed by atoms with Gasteiger partial charge >= 0.3 is 0 Å². The molecule has 1 N–H and O–H groups in total. The van der Waals surface area contributed by atoms with Gasteiger partial charge in [-0.05, 0) is 56.7 Å². The lowest BCUT2D eigenvalue weighted by molar-refractivity contribution is -0.119. The number of nitrogens with one attached hydrogen (secondary N) is 1. The molecule has 3 aromatic rings. The van der Waals surface area contributed by atoms with Crippen molar-refractivity contribution in [2.45, 2.75) is 50.7 Å². The van der Waals surface area contributed by atoms with Crippen molar-refractivity contribution in [3.05, 3.63) is 45.1 Å². The molecule has 1 aliphatic rings. The molecule has 1 aromatic carbocycles. The molecule has 1 fully saturated rings. The molecule has 1 saturated carbocycles. The van der Waals surface area contributed by atoms with Crippen LogP contribution in [0.4, 0.5) is 0 Å². The first-order valence-corrected chi connectivity index (χ1v) is 12.7. The summed E-state index contributed by atoms with van der Waals surface area (Å²) in [6.45, 7) is 5.78. The van der Waals surface area contributed by atoms with Crippen LogP contribution in [0.25, 0.3) is 15.9 Å². The summed E-state index contributed by atoms with van der Waals surface area (Å²) in [4.78, 5) is 33.0. The van der Waals surface area contributed by atoms with Gasteiger partial charge < -0.3 is 10.1 Å². The van der Waals surface area contributed by atoms with Crippen molar-refractivity contribution < 1.29 is 9.53 Å². The number of thiophene rings is 1. The van der Waals surface area contributed by atoms with Gasteiger partial charge in [0.1, 0.15) is 16.1 Å². The van der Waals surface area contributed by atoms with Crippen molar-refractivity contribution in [3.63, 3.8) is 0 Å². The van der Waals surface area contributed by atoms with E-state index in [1.165, 1.54) is 23.1 Å². The van der Waals surface area contributed by atoms with Gasteiger partial charge in [-0.3, -0.25) is 14.2 Å². The number of aromatic nitrogens is 2. The molecule has 172 valence electrons. The second-order valence-corrected chi connectivity index (χ2v) is 10.4. The molecule has 0 aliphatic heterocycles. The van der Waals surface area contributed by atoms with E-state index >= 15 is 0 Å². The van der Waals surface area contributed by atoms with Crippen molar-refractivity contribution in [1.29, 1.82) is 5.26 Å². The van der Waals surface area contributed by atoms with Gasteiger partial charge in [0.05, 0.1) is 30.0 Å². The summed E-state index contributed by atoms with van der Waals surface area (Å²) in [5, 5.41) is 13.5. The van der Waals surface area contributed by atoms with E-state index < -0.39 is 5.54 Å². The van der Waals surface area contributed by atoms with Gasteiger partial charge in [-0.15, -0.1) is 11.3 Å². The zero-order valence-electron chi connectivity index (χ0n) is 19.1. The fraction of sp³-hybridized carbons (Fsp3) is 0.417. The quantitative estimate of drug-likeness (QED) is 0.381. The number of aryl methyl sites for hydroxylation is 2. The van der Waals surface area contributed by atoms with E-state index in [4.69, 9.17) is 9.72 Å². The molecule has 33 heavy (non-hydrogen) atoms. The van der Waals surface area contributed by atoms with Crippen LogP contribution in [0.15, 0.2) is 34.2 Å². The van der Waals surface area contributed by atoms with E-state index in [2.05, 4.69) is 18.3 Å². The summed E-state index contributed by atoms with van der Waals surface area (Å²) < 4.78 is 6.90. The third-order valence-electron chi connectivity index (χ3n) is 6.02. The molecule has 0 radical (unpaired) electrons. The second kappa shape index (κ2) is 9.20. The topological polar surface area (TPSA) is 97.0 Å². The van der Waals surface area contributed by atoms with Crippen LogP contribution in [-0.4, -0.2) is 33.9 Å². The van der Waals surface area contributed by atoms with Gasteiger partial charge in [0, 0.05) is 10.9 Å². The SMILES string of the molecule is CCc1sc2nc(SCC(=O)NC(C)(C#N)C3CC3)n(-c3cccc(OC)c3)c(=O)c2c1C. The molecule has 2 aromatic heterocycles. The number of carbonyl (C=O) groups is 1. The molecule has 1 atom stereocenters. The third kappa shape index (κ3) is 4.50. The van der Waals surface area contributed by atoms with Crippen LogP contribution in [0.3, 0.4) is 0 Å². The Morgan fingerprint density at radius 3 is 2.85 bits per heavy atom. The number of methoxy groups -OCH3 is 1. The number of fused-ring (bicyclic) bond motifs is 1. The van der Waals surface area contributed by atoms with Gasteiger partial charge in [-0.1, -0.05) is 24.8 Å². The van der Waals surface area contributed by atoms with Gasteiger partial charge in [0.25, 0.3) is 5.56 Å². The molecule has 0 spiro atoms. The Kier molecular flexibility index (Phi) is 6.50. The number of nitrogens with zero attached hydrogens (tertiary/aromatic N) is 3. The molecule has 0 saturated heterocycles. The zero-order valence-corrected chi connectivity index (χ0v) is 20.7. The smallest absolute Gasteiger partial charge is 0.267 e. The van der Waals surface area contributed by atoms with Crippen LogP contribution in [0.5, 0.6) is 5.75 Å². The number of rotatable bonds is 8. The number of benzene rings is 1. The van der Waals surface area contributed by atoms with Crippen LogP contribution in [0, 0.1) is 24.2 Å². The maximum atomic E-state index is 13.6. The molecular weight excluding hydrogens is 456 g/mol. The summed E-state index contributed by atoms with van der Waals surface area (Å²) in [6.07, 6.45) is 2.72. The number of hydrogen-bond donors (Lipinski definition) is 1. The normalized spacial score (nSPS) is 15.1. The largest absolute Gasteiger partial charge is 0.497 e. The fourth-order valence-electron chi connectivity index (χ4n) is 3.96. The van der Waals surface area contributed by atoms with Crippen molar-refractivity contribution in [3.8, 4) is 17.5 Å². The first-order valence-electron chi connectivity index (χ1n) is 10.9. The summed E-state index contributed by atoms with van der Waals surface area (Å²) >= 11 is 2.71. The summed E-state index contributed by atoms with van der Waals surface area (Å²) in [6, 6.07) is 9.48. The van der Waals surface area contributed by atoms with E-state index in [0.29, 0.717) is 26.8 Å². The van der Waals surface area contributed by atoms with Gasteiger partial charge in [0.2, 0.25) is 5.91 Å². The van der Waals surface area contributed by atoms with Crippen LogP contribution in [0.2, 0.25) is 0 Å². The van der Waals surface area contributed by atoms with Gasteiger partial charge in [-0.2, -0.15) is 5.26 Å². The molecule has 4 rings (SSSR count). The summed E-state index contributed by atoms with van der Waals surface area (Å²) in [5.74, 6) is 0.622. The van der Waals surface area contributed by atoms with E-state index in [9.17, 15) is 14.9 Å². The first kappa shape index (κ1) is 23.3. The van der Waals surface area contributed by atoms with E-state index in [0.717, 1.165) is 29.7 Å². The standard InChI is InChI=1S/C24H26N4O3S2/c1-5-18-14(2)20-21(33-18)26-23(28(22(20)30)16-7-6-8-17(11-16)31-4)32-12-19(29)27-24(3,13-25)15-9-10-15/h6-8,11,15H,5,9-10,12H2,1-4H3,(H,27,29). The number of carbonyl (C=O) groups excluding carboxylic acids is 1. The maximum Gasteiger partial charge on any atom is 0.267 e. The Balaban J connectivity index is 1.73. The molecule has 0 bridgehead atoms. The molecule has 2 heterocycles. The fourth-order valence-corrected chi connectivity index (χ4v) is 5.93. The third-order valence-corrected chi connectivity index (χ3v) is 8.29. The van der Waals surface area contributed by atoms with Crippen molar-refractivity contribution >= 4 is 39.2 Å². The highest BCUT2D eigenvalue weighted by Gasteiger charge is 2.43. The molecule has 7 nitrogen and oxygen atoms in total. The maximum absolute atomic E-state index is 13.6. The van der Waals surface area contributed by atoms with Crippen LogP contribution in [-0.2, 0) is 11.2 Å². The Labute approximate surface area is 200 Å². The Morgan fingerprint density at radius 1 is 1.45 bits per heavy atom. The summed E-state index contributed by atoms with van der Waals surface area (Å²) in [5.41, 5.74) is 0.558. The number of amides is 1. The van der Waals surface area contributed by atoms with E-state index in [1.54, 1.807) is 24.7 Å². The van der Waals surface area contributed by atoms with E-state index in [1.807, 2.05) is 25.1 Å². The number of nitriles is 1. The van der Waals surface area contributed by atoms with Gasteiger partial charge in [0.15, 0.2) is 5.16 Å². The minimum atomic E-state index is -0.859. The minimum absolute atomic E-state index is 0.0525. The summed E-state index contributed by atoms with van der Waals surface area (Å²) in [7, 11) is 1.58. The highest BCUT2D eigenvalue weighted by molar-refractivity contribution is 7.99. The zero-order chi connectivity index (χ0) is 23.8. The van der Waals surface area contributed by atoms with Gasteiger partial charge in [-0.25, -0.2) is 4.98 Å². The number of hydrogen-bond acceptors (Lipinski definition) is 7. The highest BCUT2D eigenvalue weighted by Crippen LogP contribution is 2.39. The van der Waals surface area contributed by atoms with Crippen LogP contribution in [0.1, 0.15) is 37.1 Å². The highest BCUT2D eigenvalue weighted by atomic mass is 32.2. The van der Waals surface area contributed by atoms with Crippen LogP contribution < -0.4 is 15.6 Å². The minimum Gasteiger partial charge on any atom is -0.497 e. The number of ether oxygens (including phenoxy) is 1. The van der Waals surface area contributed by atoms with Crippen LogP contribution >= 0.6 is 23.1 Å². The lowest BCUT2D eigenvalue weighted by Crippen LogP contribution is -2.47. The first-order chi connectivity index (χ1) is 15.8. The molecule has 9 heteroatoms. The number of thioether (sulfide) groups is 1. The lowest BCUT2D eigenvalue weighted by Gasteiger charge is -2.22. The lowest BCUT2D eigenvalue weighted by atomic mass is 9.98. The molecule has 1 unspecified atom stereocenters. The average Bonchev–Trinajstić information content (AvgIpc) is 3.62. The predicted octanol–water partition coefficient (Wildman–Crippen LogP) is 4.23. The molecule has 1 aliphatic carbocycles. The molecule has 1 amide bonds. The monoisotopic (exact) mass is 482 g/mol.